The van der Waals surface area contributed by atoms with Crippen LogP contribution in [0.4, 0.5) is 0 Å². The molecule has 6 nitrogen and oxygen atoms in total. The summed E-state index contributed by atoms with van der Waals surface area (Å²) >= 11 is 0. The molecule has 0 saturated carbocycles. The van der Waals surface area contributed by atoms with Gasteiger partial charge in [-0.2, -0.15) is 0 Å². The molecule has 0 aromatic carbocycles. The monoisotopic (exact) mass is 832 g/mol. The molecule has 0 bridgehead atoms. The molecule has 6 heteroatoms. The molecule has 0 radical (unpaired) electrons. The average Bonchev–Trinajstić information content (AvgIpc) is 3.24. The Labute approximate surface area is 367 Å². The van der Waals surface area contributed by atoms with Crippen molar-refractivity contribution in [1.29, 1.82) is 0 Å². The molecule has 0 aromatic rings. The van der Waals surface area contributed by atoms with Gasteiger partial charge < -0.3 is 20.3 Å². The summed E-state index contributed by atoms with van der Waals surface area (Å²) < 4.78 is 5.45. The summed E-state index contributed by atoms with van der Waals surface area (Å²) in [6, 6.07) is -0.552. The Balaban J connectivity index is 3.47. The molecule has 1 amide bonds. The number of nitrogens with one attached hydrogen (secondary N) is 1. The smallest absolute Gasteiger partial charge is 0.305 e. The summed E-state index contributed by atoms with van der Waals surface area (Å²) in [5.41, 5.74) is 0. The van der Waals surface area contributed by atoms with Crippen molar-refractivity contribution >= 4 is 11.9 Å². The number of ether oxygens (including phenoxy) is 1. The lowest BCUT2D eigenvalue weighted by molar-refractivity contribution is -0.143. The summed E-state index contributed by atoms with van der Waals surface area (Å²) in [6.07, 6.45) is 57.2. The van der Waals surface area contributed by atoms with Crippen LogP contribution < -0.4 is 5.32 Å². The fourth-order valence-corrected chi connectivity index (χ4v) is 7.92. The zero-order valence-electron chi connectivity index (χ0n) is 39.5. The van der Waals surface area contributed by atoms with Crippen molar-refractivity contribution in [3.63, 3.8) is 0 Å². The van der Waals surface area contributed by atoms with Crippen LogP contribution in [0.2, 0.25) is 0 Å². The molecule has 0 aliphatic rings. The van der Waals surface area contributed by atoms with Gasteiger partial charge in [0.25, 0.3) is 0 Å². The number of aliphatic hydroxyl groups is 2. The zero-order valence-corrected chi connectivity index (χ0v) is 39.5. The number of esters is 1. The number of allylic oxidation sites excluding steroid dienone is 4. The van der Waals surface area contributed by atoms with Crippen LogP contribution in [-0.4, -0.2) is 47.4 Å². The van der Waals surface area contributed by atoms with Crippen LogP contribution in [0, 0.1) is 0 Å². The molecule has 3 N–H and O–H groups in total. The standard InChI is InChI=1S/C53H101NO5/c1-3-5-7-9-11-13-15-21-25-29-33-37-41-45-51(56)50(49-55)54-52(57)46-42-38-34-30-26-23-19-17-18-20-24-28-32-36-40-44-48-59-53(58)47-43-39-35-31-27-22-16-14-12-10-8-6-4-2/h14,16-17,19,50-51,55-56H,3-13,15,18,20-49H2,1-2H3,(H,54,57)/b16-14-,19-17-. The molecular formula is C53H101NO5. The normalized spacial score (nSPS) is 12.8. The van der Waals surface area contributed by atoms with E-state index >= 15 is 0 Å². The third kappa shape index (κ3) is 45.7. The third-order valence-corrected chi connectivity index (χ3v) is 12.0. The van der Waals surface area contributed by atoms with E-state index in [0.29, 0.717) is 25.9 Å². The van der Waals surface area contributed by atoms with Crippen molar-refractivity contribution in [1.82, 2.24) is 5.32 Å². The molecule has 0 aliphatic carbocycles. The van der Waals surface area contributed by atoms with Crippen molar-refractivity contribution in [3.8, 4) is 0 Å². The predicted octanol–water partition coefficient (Wildman–Crippen LogP) is 15.5. The first kappa shape index (κ1) is 57.3. The van der Waals surface area contributed by atoms with Gasteiger partial charge in [-0.05, 0) is 77.0 Å². The van der Waals surface area contributed by atoms with Gasteiger partial charge in [-0.15, -0.1) is 0 Å². The quantitative estimate of drug-likeness (QED) is 0.0322. The maximum atomic E-state index is 12.4. The summed E-state index contributed by atoms with van der Waals surface area (Å²) in [4.78, 5) is 24.4. The first-order valence-corrected chi connectivity index (χ1v) is 26.1. The number of aliphatic hydroxyl groups excluding tert-OH is 2. The van der Waals surface area contributed by atoms with E-state index in [2.05, 4.69) is 43.5 Å². The van der Waals surface area contributed by atoms with Gasteiger partial charge in [0.2, 0.25) is 5.91 Å². The van der Waals surface area contributed by atoms with Crippen LogP contribution in [0.1, 0.15) is 277 Å². The molecule has 348 valence electrons. The van der Waals surface area contributed by atoms with Gasteiger partial charge in [0.15, 0.2) is 0 Å². The molecule has 0 aromatic heterocycles. The van der Waals surface area contributed by atoms with E-state index in [-0.39, 0.29) is 18.5 Å². The number of hydrogen-bond acceptors (Lipinski definition) is 5. The van der Waals surface area contributed by atoms with E-state index in [0.717, 1.165) is 64.2 Å². The Morgan fingerprint density at radius 2 is 0.797 bits per heavy atom. The molecule has 0 aliphatic heterocycles. The summed E-state index contributed by atoms with van der Waals surface area (Å²) in [5.74, 6) is -0.0649. The minimum Gasteiger partial charge on any atom is -0.466 e. The summed E-state index contributed by atoms with van der Waals surface area (Å²) in [6.45, 7) is 4.90. The van der Waals surface area contributed by atoms with Crippen molar-refractivity contribution < 1.29 is 24.5 Å². The van der Waals surface area contributed by atoms with E-state index < -0.39 is 12.1 Å². The number of unbranched alkanes of at least 4 members (excludes halogenated alkanes) is 33. The molecule has 0 heterocycles. The number of amides is 1. The van der Waals surface area contributed by atoms with Gasteiger partial charge in [0, 0.05) is 12.8 Å². The predicted molar refractivity (Wildman–Crippen MR) is 255 cm³/mol. The Morgan fingerprint density at radius 1 is 0.458 bits per heavy atom. The topological polar surface area (TPSA) is 95.9 Å². The number of hydrogen-bond donors (Lipinski definition) is 3. The summed E-state index contributed by atoms with van der Waals surface area (Å²) in [5, 5.41) is 23.2. The van der Waals surface area contributed by atoms with Crippen molar-refractivity contribution in [2.24, 2.45) is 0 Å². The third-order valence-electron chi connectivity index (χ3n) is 12.0. The lowest BCUT2D eigenvalue weighted by Gasteiger charge is -2.22. The number of carbonyl (C=O) groups excluding carboxylic acids is 2. The van der Waals surface area contributed by atoms with Gasteiger partial charge in [-0.25, -0.2) is 0 Å². The van der Waals surface area contributed by atoms with Gasteiger partial charge >= 0.3 is 5.97 Å². The maximum Gasteiger partial charge on any atom is 0.305 e. The molecule has 59 heavy (non-hydrogen) atoms. The SMILES string of the molecule is CCCCCC/C=C\CCCCCCCC(=O)OCCCCCCCCC/C=C\CCCCCCCC(=O)NC(CO)C(O)CCCCCCCCCCCCCCC. The lowest BCUT2D eigenvalue weighted by atomic mass is 10.0. The second kappa shape index (κ2) is 49.0. The molecule has 0 rings (SSSR count). The first-order chi connectivity index (χ1) is 29.0. The Hall–Kier alpha value is -1.66. The second-order valence-corrected chi connectivity index (χ2v) is 17.8. The largest absolute Gasteiger partial charge is 0.466 e. The van der Waals surface area contributed by atoms with Crippen molar-refractivity contribution in [2.45, 2.75) is 289 Å². The molecule has 0 fully saturated rings. The van der Waals surface area contributed by atoms with Gasteiger partial charge in [-0.3, -0.25) is 9.59 Å². The van der Waals surface area contributed by atoms with E-state index in [9.17, 15) is 19.8 Å². The number of carbonyl (C=O) groups is 2. The highest BCUT2D eigenvalue weighted by atomic mass is 16.5. The van der Waals surface area contributed by atoms with Gasteiger partial charge in [0.1, 0.15) is 0 Å². The fourth-order valence-electron chi connectivity index (χ4n) is 7.92. The Morgan fingerprint density at radius 3 is 1.22 bits per heavy atom. The highest BCUT2D eigenvalue weighted by molar-refractivity contribution is 5.76. The highest BCUT2D eigenvalue weighted by Gasteiger charge is 2.20. The molecule has 0 spiro atoms. The second-order valence-electron chi connectivity index (χ2n) is 17.8. The van der Waals surface area contributed by atoms with Gasteiger partial charge in [0.05, 0.1) is 25.4 Å². The van der Waals surface area contributed by atoms with E-state index in [1.165, 1.54) is 180 Å². The van der Waals surface area contributed by atoms with Crippen LogP contribution in [0.5, 0.6) is 0 Å². The Bertz CT molecular complexity index is 920. The number of rotatable bonds is 48. The van der Waals surface area contributed by atoms with Crippen LogP contribution in [0.3, 0.4) is 0 Å². The fraction of sp³-hybridized carbons (Fsp3) is 0.887. The highest BCUT2D eigenvalue weighted by Crippen LogP contribution is 2.16. The summed E-state index contributed by atoms with van der Waals surface area (Å²) in [7, 11) is 0. The minimum absolute atomic E-state index is 0.0123. The van der Waals surface area contributed by atoms with E-state index in [1.54, 1.807) is 0 Å². The van der Waals surface area contributed by atoms with Crippen molar-refractivity contribution in [2.75, 3.05) is 13.2 Å². The average molecular weight is 832 g/mol. The van der Waals surface area contributed by atoms with E-state index in [1.807, 2.05) is 0 Å². The lowest BCUT2D eigenvalue weighted by Crippen LogP contribution is -2.45. The molecule has 2 atom stereocenters. The van der Waals surface area contributed by atoms with Crippen LogP contribution >= 0.6 is 0 Å². The first-order valence-electron chi connectivity index (χ1n) is 26.1. The van der Waals surface area contributed by atoms with Crippen LogP contribution in [0.25, 0.3) is 0 Å². The minimum atomic E-state index is -0.674. The molecule has 0 saturated heterocycles. The maximum absolute atomic E-state index is 12.4. The van der Waals surface area contributed by atoms with Gasteiger partial charge in [-0.1, -0.05) is 212 Å². The van der Waals surface area contributed by atoms with Crippen molar-refractivity contribution in [3.05, 3.63) is 24.3 Å². The van der Waals surface area contributed by atoms with E-state index in [4.69, 9.17) is 4.74 Å². The molecular weight excluding hydrogens is 731 g/mol. The molecule has 2 unspecified atom stereocenters. The van der Waals surface area contributed by atoms with Crippen LogP contribution in [0.15, 0.2) is 24.3 Å². The van der Waals surface area contributed by atoms with Crippen LogP contribution in [-0.2, 0) is 14.3 Å². The Kier molecular flexibility index (Phi) is 47.6. The zero-order chi connectivity index (χ0) is 43.0.